The van der Waals surface area contributed by atoms with Gasteiger partial charge in [0.1, 0.15) is 0 Å². The molecule has 0 amide bonds. The van der Waals surface area contributed by atoms with Crippen LogP contribution in [0.4, 0.5) is 0 Å². The quantitative estimate of drug-likeness (QED) is 0.847. The number of aryl methyl sites for hydroxylation is 1. The van der Waals surface area contributed by atoms with E-state index in [0.717, 1.165) is 21.1 Å². The Morgan fingerprint density at radius 3 is 2.83 bits per heavy atom. The Hall–Kier alpha value is -0.650. The van der Waals surface area contributed by atoms with Gasteiger partial charge in [-0.05, 0) is 47.9 Å². The predicted molar refractivity (Wildman–Crippen MR) is 79.3 cm³/mol. The molecule has 3 heterocycles. The average Bonchev–Trinajstić information content (AvgIpc) is 2.96. The van der Waals surface area contributed by atoms with E-state index in [2.05, 4.69) is 26.9 Å². The summed E-state index contributed by atoms with van der Waals surface area (Å²) in [5, 5.41) is 0.839. The molecule has 3 rings (SSSR count). The standard InChI is InChI=1S/C13H15BrN2OS/c1-15-8-11(14)12-10(13(15)17)6-9(18-12)7-16-4-2-3-5-16/h6,8H,2-5,7H2,1H3. The van der Waals surface area contributed by atoms with E-state index in [9.17, 15) is 4.79 Å². The van der Waals surface area contributed by atoms with Gasteiger partial charge >= 0.3 is 0 Å². The van der Waals surface area contributed by atoms with Gasteiger partial charge < -0.3 is 4.57 Å². The minimum absolute atomic E-state index is 0.0946. The first-order valence-electron chi connectivity index (χ1n) is 6.15. The summed E-state index contributed by atoms with van der Waals surface area (Å²) < 4.78 is 3.73. The van der Waals surface area contributed by atoms with E-state index in [-0.39, 0.29) is 5.56 Å². The number of pyridine rings is 1. The van der Waals surface area contributed by atoms with Gasteiger partial charge in [-0.15, -0.1) is 11.3 Å². The van der Waals surface area contributed by atoms with Crippen molar-refractivity contribution in [3.63, 3.8) is 0 Å². The summed E-state index contributed by atoms with van der Waals surface area (Å²) in [6.07, 6.45) is 4.45. The van der Waals surface area contributed by atoms with Crippen LogP contribution < -0.4 is 5.56 Å². The maximum absolute atomic E-state index is 12.1. The van der Waals surface area contributed by atoms with Gasteiger partial charge in [0.15, 0.2) is 0 Å². The van der Waals surface area contributed by atoms with Crippen LogP contribution >= 0.6 is 27.3 Å². The molecule has 1 aliphatic rings. The summed E-state index contributed by atoms with van der Waals surface area (Å²) in [6.45, 7) is 3.36. The Labute approximate surface area is 118 Å². The SMILES string of the molecule is Cn1cc(Br)c2sc(CN3CCCC3)cc2c1=O. The zero-order valence-corrected chi connectivity index (χ0v) is 12.7. The summed E-state index contributed by atoms with van der Waals surface area (Å²) in [6, 6.07) is 2.06. The summed E-state index contributed by atoms with van der Waals surface area (Å²) in [7, 11) is 1.80. The third kappa shape index (κ3) is 2.15. The van der Waals surface area contributed by atoms with E-state index in [1.54, 1.807) is 23.0 Å². The Bertz CT molecular complexity index is 640. The number of likely N-dealkylation sites (tertiary alicyclic amines) is 1. The van der Waals surface area contributed by atoms with E-state index < -0.39 is 0 Å². The minimum atomic E-state index is 0.0946. The minimum Gasteiger partial charge on any atom is -0.317 e. The lowest BCUT2D eigenvalue weighted by atomic mass is 10.3. The number of hydrogen-bond acceptors (Lipinski definition) is 3. The molecule has 1 saturated heterocycles. The van der Waals surface area contributed by atoms with Crippen LogP contribution in [0.25, 0.3) is 10.1 Å². The first kappa shape index (κ1) is 12.4. The van der Waals surface area contributed by atoms with E-state index in [0.29, 0.717) is 0 Å². The summed E-state index contributed by atoms with van der Waals surface area (Å²) in [5.74, 6) is 0. The average molecular weight is 327 g/mol. The zero-order valence-electron chi connectivity index (χ0n) is 10.3. The summed E-state index contributed by atoms with van der Waals surface area (Å²) in [5.41, 5.74) is 0.0946. The van der Waals surface area contributed by atoms with Gasteiger partial charge in [-0.25, -0.2) is 0 Å². The predicted octanol–water partition coefficient (Wildman–Crippen LogP) is 2.96. The third-order valence-corrected chi connectivity index (χ3v) is 5.45. The molecule has 3 nitrogen and oxygen atoms in total. The Morgan fingerprint density at radius 1 is 1.39 bits per heavy atom. The van der Waals surface area contributed by atoms with E-state index in [1.807, 2.05) is 6.20 Å². The van der Waals surface area contributed by atoms with Crippen LogP contribution in [0.2, 0.25) is 0 Å². The molecule has 18 heavy (non-hydrogen) atoms. The van der Waals surface area contributed by atoms with Crippen molar-refractivity contribution >= 4 is 37.4 Å². The molecule has 0 bridgehead atoms. The van der Waals surface area contributed by atoms with Crippen molar-refractivity contribution in [2.75, 3.05) is 13.1 Å². The van der Waals surface area contributed by atoms with Gasteiger partial charge in [0.05, 0.1) is 14.6 Å². The van der Waals surface area contributed by atoms with Crippen LogP contribution in [0.15, 0.2) is 21.5 Å². The number of fused-ring (bicyclic) bond motifs is 1. The fourth-order valence-electron chi connectivity index (χ4n) is 2.49. The second-order valence-electron chi connectivity index (χ2n) is 4.83. The Balaban J connectivity index is 2.02. The summed E-state index contributed by atoms with van der Waals surface area (Å²) >= 11 is 5.28. The van der Waals surface area contributed by atoms with E-state index in [1.165, 1.54) is 30.8 Å². The molecule has 5 heteroatoms. The number of nitrogens with zero attached hydrogens (tertiary/aromatic N) is 2. The number of rotatable bonds is 2. The normalized spacial score (nSPS) is 16.8. The van der Waals surface area contributed by atoms with Gasteiger partial charge in [-0.2, -0.15) is 0 Å². The second kappa shape index (κ2) is 4.79. The van der Waals surface area contributed by atoms with Crippen molar-refractivity contribution in [2.24, 2.45) is 7.05 Å². The van der Waals surface area contributed by atoms with E-state index in [4.69, 9.17) is 0 Å². The smallest absolute Gasteiger partial charge is 0.259 e. The van der Waals surface area contributed by atoms with Crippen molar-refractivity contribution in [3.05, 3.63) is 32.0 Å². The fraction of sp³-hybridized carbons (Fsp3) is 0.462. The first-order valence-corrected chi connectivity index (χ1v) is 7.76. The Morgan fingerprint density at radius 2 is 2.11 bits per heavy atom. The highest BCUT2D eigenvalue weighted by Crippen LogP contribution is 2.30. The number of halogens is 1. The molecule has 1 aliphatic heterocycles. The molecule has 0 radical (unpaired) electrons. The fourth-order valence-corrected chi connectivity index (χ4v) is 4.35. The molecule has 0 N–H and O–H groups in total. The van der Waals surface area contributed by atoms with Gasteiger partial charge in [-0.1, -0.05) is 0 Å². The highest BCUT2D eigenvalue weighted by atomic mass is 79.9. The van der Waals surface area contributed by atoms with Gasteiger partial charge in [0.25, 0.3) is 5.56 Å². The van der Waals surface area contributed by atoms with Crippen LogP contribution in [0, 0.1) is 0 Å². The number of thiophene rings is 1. The first-order chi connectivity index (χ1) is 8.65. The number of hydrogen-bond donors (Lipinski definition) is 0. The third-order valence-electron chi connectivity index (χ3n) is 3.44. The van der Waals surface area contributed by atoms with Crippen LogP contribution in [0.5, 0.6) is 0 Å². The molecule has 1 fully saturated rings. The van der Waals surface area contributed by atoms with Crippen molar-refractivity contribution < 1.29 is 0 Å². The van der Waals surface area contributed by atoms with Gasteiger partial charge in [0, 0.05) is 24.7 Å². The largest absolute Gasteiger partial charge is 0.317 e. The lowest BCUT2D eigenvalue weighted by molar-refractivity contribution is 0.334. The second-order valence-corrected chi connectivity index (χ2v) is 6.82. The van der Waals surface area contributed by atoms with Crippen molar-refractivity contribution in [2.45, 2.75) is 19.4 Å². The lowest BCUT2D eigenvalue weighted by Crippen LogP contribution is -2.17. The van der Waals surface area contributed by atoms with Crippen LogP contribution in [0.1, 0.15) is 17.7 Å². The molecular weight excluding hydrogens is 312 g/mol. The van der Waals surface area contributed by atoms with Crippen LogP contribution in [0.3, 0.4) is 0 Å². The monoisotopic (exact) mass is 326 g/mol. The molecule has 96 valence electrons. The zero-order chi connectivity index (χ0) is 12.7. The van der Waals surface area contributed by atoms with Crippen molar-refractivity contribution in [1.29, 1.82) is 0 Å². The maximum atomic E-state index is 12.1. The molecule has 0 aliphatic carbocycles. The summed E-state index contributed by atoms with van der Waals surface area (Å²) in [4.78, 5) is 15.8. The molecule has 0 saturated carbocycles. The van der Waals surface area contributed by atoms with E-state index >= 15 is 0 Å². The molecular formula is C13H15BrN2OS. The van der Waals surface area contributed by atoms with Crippen LogP contribution in [-0.4, -0.2) is 22.6 Å². The highest BCUT2D eigenvalue weighted by molar-refractivity contribution is 9.10. The molecule has 0 unspecified atom stereocenters. The van der Waals surface area contributed by atoms with Crippen LogP contribution in [-0.2, 0) is 13.6 Å². The molecule has 0 spiro atoms. The molecule has 2 aromatic rings. The molecule has 2 aromatic heterocycles. The Kier molecular flexibility index (Phi) is 3.30. The van der Waals surface area contributed by atoms with Gasteiger partial charge in [-0.3, -0.25) is 9.69 Å². The maximum Gasteiger partial charge on any atom is 0.259 e. The lowest BCUT2D eigenvalue weighted by Gasteiger charge is -2.12. The molecule has 0 aromatic carbocycles. The van der Waals surface area contributed by atoms with Gasteiger partial charge in [0.2, 0.25) is 0 Å². The number of aromatic nitrogens is 1. The van der Waals surface area contributed by atoms with Crippen molar-refractivity contribution in [1.82, 2.24) is 9.47 Å². The van der Waals surface area contributed by atoms with Crippen molar-refractivity contribution in [3.8, 4) is 0 Å². The highest BCUT2D eigenvalue weighted by Gasteiger charge is 2.15. The topological polar surface area (TPSA) is 25.2 Å². The molecule has 0 atom stereocenters.